The van der Waals surface area contributed by atoms with Crippen LogP contribution in [-0.4, -0.2) is 34.2 Å². The Morgan fingerprint density at radius 3 is 2.10 bits per heavy atom. The summed E-state index contributed by atoms with van der Waals surface area (Å²) in [7, 11) is 0. The van der Waals surface area contributed by atoms with Crippen LogP contribution in [0.25, 0.3) is 0 Å². The molecule has 0 radical (unpaired) electrons. The van der Waals surface area contributed by atoms with Gasteiger partial charge in [0.05, 0.1) is 5.69 Å². The third-order valence-electron chi connectivity index (χ3n) is 2.16. The molecule has 0 atom stereocenters. The average molecular weight is 299 g/mol. The first kappa shape index (κ1) is 15.7. The molecule has 0 aliphatic carbocycles. The van der Waals surface area contributed by atoms with Crippen LogP contribution in [0.2, 0.25) is 0 Å². The molecule has 110 valence electrons. The molecule has 0 saturated heterocycles. The van der Waals surface area contributed by atoms with Crippen LogP contribution < -0.4 is 5.32 Å². The lowest BCUT2D eigenvalue weighted by Crippen LogP contribution is -2.47. The van der Waals surface area contributed by atoms with Crippen LogP contribution in [0, 0.1) is 0 Å². The highest BCUT2D eigenvalue weighted by molar-refractivity contribution is 6.00. The molecule has 10 heteroatoms. The third kappa shape index (κ3) is 2.78. The van der Waals surface area contributed by atoms with Crippen LogP contribution in [0.5, 0.6) is 5.75 Å². The number of phenols is 1. The average Bonchev–Trinajstić information content (AvgIpc) is 2.29. The molecule has 1 aromatic rings. The van der Waals surface area contributed by atoms with Gasteiger partial charge in [0.25, 0.3) is 0 Å². The molecular formula is C10H6F5NO4. The van der Waals surface area contributed by atoms with Crippen molar-refractivity contribution in [3.8, 4) is 5.75 Å². The normalized spacial score (nSPS) is 12.1. The van der Waals surface area contributed by atoms with E-state index in [1.165, 1.54) is 0 Å². The summed E-state index contributed by atoms with van der Waals surface area (Å²) in [5.41, 5.74) is -1.64. The highest BCUT2D eigenvalue weighted by atomic mass is 19.4. The van der Waals surface area contributed by atoms with Gasteiger partial charge in [0.1, 0.15) is 5.56 Å². The minimum Gasteiger partial charge on any atom is -0.505 e. The van der Waals surface area contributed by atoms with E-state index in [9.17, 15) is 36.6 Å². The molecule has 0 heterocycles. The number of para-hydroxylation sites is 1. The van der Waals surface area contributed by atoms with Gasteiger partial charge in [-0.15, -0.1) is 0 Å². The summed E-state index contributed by atoms with van der Waals surface area (Å²) in [6, 6.07) is 2.59. The van der Waals surface area contributed by atoms with E-state index in [1.54, 1.807) is 0 Å². The van der Waals surface area contributed by atoms with Gasteiger partial charge in [0, 0.05) is 0 Å². The smallest absolute Gasteiger partial charge is 0.463 e. The number of carboxylic acid groups (broad SMARTS) is 1. The highest BCUT2D eigenvalue weighted by Crippen LogP contribution is 2.37. The van der Waals surface area contributed by atoms with Crippen molar-refractivity contribution >= 4 is 17.6 Å². The van der Waals surface area contributed by atoms with Gasteiger partial charge in [-0.1, -0.05) is 6.07 Å². The van der Waals surface area contributed by atoms with Crippen LogP contribution in [0.1, 0.15) is 10.4 Å². The van der Waals surface area contributed by atoms with E-state index >= 15 is 0 Å². The number of carbonyl (C=O) groups is 2. The first-order valence-electron chi connectivity index (χ1n) is 4.79. The predicted molar refractivity (Wildman–Crippen MR) is 54.7 cm³/mol. The van der Waals surface area contributed by atoms with Crippen LogP contribution in [0.3, 0.4) is 0 Å². The lowest BCUT2D eigenvalue weighted by Gasteiger charge is -2.19. The molecule has 0 fully saturated rings. The van der Waals surface area contributed by atoms with Crippen molar-refractivity contribution in [2.24, 2.45) is 0 Å². The monoisotopic (exact) mass is 299 g/mol. The maximum atomic E-state index is 12.7. The Morgan fingerprint density at radius 2 is 1.65 bits per heavy atom. The number of rotatable bonds is 3. The number of halogens is 5. The van der Waals surface area contributed by atoms with Crippen molar-refractivity contribution < 1.29 is 41.8 Å². The Morgan fingerprint density at radius 1 is 1.10 bits per heavy atom. The Bertz CT molecular complexity index is 555. The highest BCUT2D eigenvalue weighted by Gasteiger charge is 2.63. The topological polar surface area (TPSA) is 86.6 Å². The molecule has 5 nitrogen and oxygen atoms in total. The minimum atomic E-state index is -6.11. The van der Waals surface area contributed by atoms with Gasteiger partial charge in [0.15, 0.2) is 5.75 Å². The number of benzene rings is 1. The van der Waals surface area contributed by atoms with Gasteiger partial charge in [-0.25, -0.2) is 4.79 Å². The number of nitrogens with one attached hydrogen (secondary N) is 1. The number of alkyl halides is 5. The van der Waals surface area contributed by atoms with Crippen LogP contribution >= 0.6 is 0 Å². The Labute approximate surface area is 107 Å². The molecule has 3 N–H and O–H groups in total. The van der Waals surface area contributed by atoms with E-state index in [4.69, 9.17) is 5.11 Å². The maximum absolute atomic E-state index is 12.7. The summed E-state index contributed by atoms with van der Waals surface area (Å²) in [5, 5.41) is 19.1. The zero-order valence-corrected chi connectivity index (χ0v) is 9.33. The van der Waals surface area contributed by atoms with Gasteiger partial charge in [-0.3, -0.25) is 4.79 Å². The Hall–Kier alpha value is -2.39. The number of carboxylic acids is 1. The van der Waals surface area contributed by atoms with E-state index in [2.05, 4.69) is 0 Å². The van der Waals surface area contributed by atoms with Gasteiger partial charge >= 0.3 is 24.0 Å². The summed E-state index contributed by atoms with van der Waals surface area (Å²) >= 11 is 0. The summed E-state index contributed by atoms with van der Waals surface area (Å²) in [4.78, 5) is 21.5. The minimum absolute atomic E-state index is 0.766. The number of hydrogen-bond donors (Lipinski definition) is 3. The lowest BCUT2D eigenvalue weighted by molar-refractivity contribution is -0.267. The van der Waals surface area contributed by atoms with E-state index in [0.29, 0.717) is 0 Å². The van der Waals surface area contributed by atoms with E-state index in [-0.39, 0.29) is 0 Å². The number of amides is 1. The molecule has 0 bridgehead atoms. The zero-order valence-electron chi connectivity index (χ0n) is 9.33. The fourth-order valence-electron chi connectivity index (χ4n) is 1.15. The second-order valence-electron chi connectivity index (χ2n) is 3.53. The quantitative estimate of drug-likeness (QED) is 0.590. The van der Waals surface area contributed by atoms with E-state index in [1.807, 2.05) is 0 Å². The molecule has 1 amide bonds. The van der Waals surface area contributed by atoms with Crippen molar-refractivity contribution in [2.75, 3.05) is 5.32 Å². The van der Waals surface area contributed by atoms with Crippen molar-refractivity contribution in [3.05, 3.63) is 23.8 Å². The zero-order chi connectivity index (χ0) is 15.7. The second-order valence-corrected chi connectivity index (χ2v) is 3.53. The molecule has 1 aromatic carbocycles. The molecule has 0 aliphatic rings. The molecule has 0 spiro atoms. The molecule has 20 heavy (non-hydrogen) atoms. The van der Waals surface area contributed by atoms with Gasteiger partial charge in [-0.2, -0.15) is 22.0 Å². The first-order valence-corrected chi connectivity index (χ1v) is 4.79. The fraction of sp³-hybridized carbons (Fsp3) is 0.200. The van der Waals surface area contributed by atoms with Crippen LogP contribution in [0.4, 0.5) is 27.6 Å². The Balaban J connectivity index is 3.10. The largest absolute Gasteiger partial charge is 0.505 e. The third-order valence-corrected chi connectivity index (χ3v) is 2.16. The van der Waals surface area contributed by atoms with Crippen LogP contribution in [0.15, 0.2) is 18.2 Å². The summed E-state index contributed by atoms with van der Waals surface area (Å²) in [6.07, 6.45) is -6.11. The number of aromatic hydroxyl groups is 1. The lowest BCUT2D eigenvalue weighted by atomic mass is 10.1. The Kier molecular flexibility index (Phi) is 3.87. The number of hydrogen-bond acceptors (Lipinski definition) is 3. The summed E-state index contributed by atoms with van der Waals surface area (Å²) < 4.78 is 61.1. The summed E-state index contributed by atoms with van der Waals surface area (Å²) in [6.45, 7) is 0. The molecule has 0 aromatic heterocycles. The van der Waals surface area contributed by atoms with Crippen LogP contribution in [-0.2, 0) is 4.79 Å². The molecule has 0 unspecified atom stereocenters. The van der Waals surface area contributed by atoms with Gasteiger partial charge < -0.3 is 15.5 Å². The number of anilines is 1. The van der Waals surface area contributed by atoms with Gasteiger partial charge in [-0.05, 0) is 12.1 Å². The SMILES string of the molecule is O=C(O)c1cccc(NC(=O)C(F)(F)C(F)(F)F)c1O. The first-order chi connectivity index (χ1) is 8.98. The fourth-order valence-corrected chi connectivity index (χ4v) is 1.15. The molecule has 0 saturated carbocycles. The predicted octanol–water partition coefficient (Wildman–Crippen LogP) is 2.23. The van der Waals surface area contributed by atoms with E-state index in [0.717, 1.165) is 23.5 Å². The summed E-state index contributed by atoms with van der Waals surface area (Å²) in [5.74, 6) is -11.2. The molecule has 0 aliphatic heterocycles. The maximum Gasteiger partial charge on any atom is 0.463 e. The van der Waals surface area contributed by atoms with Crippen molar-refractivity contribution in [1.82, 2.24) is 0 Å². The number of aromatic carboxylic acids is 1. The van der Waals surface area contributed by atoms with Gasteiger partial charge in [0.2, 0.25) is 0 Å². The van der Waals surface area contributed by atoms with Crippen molar-refractivity contribution in [2.45, 2.75) is 12.1 Å². The van der Waals surface area contributed by atoms with Crippen molar-refractivity contribution in [3.63, 3.8) is 0 Å². The second kappa shape index (κ2) is 4.94. The van der Waals surface area contributed by atoms with Crippen molar-refractivity contribution in [1.29, 1.82) is 0 Å². The van der Waals surface area contributed by atoms with E-state index < -0.39 is 41.0 Å². The molecular weight excluding hydrogens is 293 g/mol. The molecule has 1 rings (SSSR count). The number of carbonyl (C=O) groups excluding carboxylic acids is 1. The standard InChI is InChI=1S/C10H6F5NO4/c11-9(12,10(13,14)15)8(20)16-5-3-1-2-4(6(5)17)7(18)19/h1-3,17H,(H,16,20)(H,18,19).